The molecule has 0 aromatic heterocycles. The lowest BCUT2D eigenvalue weighted by molar-refractivity contribution is -0.140. The number of rotatable bonds is 12. The highest BCUT2D eigenvalue weighted by Gasteiger charge is 2.26. The summed E-state index contributed by atoms with van der Waals surface area (Å²) in [4.78, 5) is 47.2. The molecule has 0 unspecified atom stereocenters. The Morgan fingerprint density at radius 1 is 0.404 bits per heavy atom. The van der Waals surface area contributed by atoms with Gasteiger partial charge in [-0.1, -0.05) is 48.5 Å². The Hall–Kier alpha value is -6.04. The van der Waals surface area contributed by atoms with Gasteiger partial charge in [-0.2, -0.15) is 0 Å². The Morgan fingerprint density at radius 3 is 0.808 bits per heavy atom. The monoisotopic (exact) mass is 712 g/mol. The van der Waals surface area contributed by atoms with Gasteiger partial charge in [-0.3, -0.25) is 0 Å². The standard InChI is InChI=1S/C40H40O12/c1-21-5-9-25-13-26-11-7-23(3)31(39(26)51-19-35(45)46)16-32-24(4)8-12-28(40(32)52-20-36(47)48)14-27-10-6-22(2)30(38(27)50-18-34(43)44)15-29(21)37(25)49-17-33(41)42/h5-12H,13-20H2,1-4H3,(H,41,42)(H,43,44)(H,45,46)(H,47,48). The van der Waals surface area contributed by atoms with Crippen molar-refractivity contribution < 1.29 is 58.6 Å². The molecule has 12 nitrogen and oxygen atoms in total. The molecular weight excluding hydrogens is 672 g/mol. The molecule has 12 heteroatoms. The third kappa shape index (κ3) is 8.45. The van der Waals surface area contributed by atoms with Gasteiger partial charge in [0.15, 0.2) is 26.4 Å². The van der Waals surface area contributed by atoms with Crippen molar-refractivity contribution in [2.75, 3.05) is 26.4 Å². The molecule has 1 aliphatic carbocycles. The van der Waals surface area contributed by atoms with Gasteiger partial charge in [-0.05, 0) is 72.2 Å². The Morgan fingerprint density at radius 2 is 0.615 bits per heavy atom. The maximum absolute atomic E-state index is 11.8. The van der Waals surface area contributed by atoms with Gasteiger partial charge >= 0.3 is 23.9 Å². The number of aryl methyl sites for hydroxylation is 4. The summed E-state index contributed by atoms with van der Waals surface area (Å²) in [6.45, 7) is 4.97. The lowest BCUT2D eigenvalue weighted by Crippen LogP contribution is -2.17. The van der Waals surface area contributed by atoms with E-state index in [0.29, 0.717) is 67.5 Å². The van der Waals surface area contributed by atoms with E-state index in [-0.39, 0.29) is 25.7 Å². The van der Waals surface area contributed by atoms with Crippen molar-refractivity contribution in [2.45, 2.75) is 53.4 Å². The SMILES string of the molecule is Cc1ccc2c(OCC(=O)O)c1Cc1c(C)ccc(c1OCC(=O)O)Cc1ccc(C)c(c1OCC(=O)O)Cc1c(C)ccc(c1OCC(=O)O)C2. The molecule has 0 heterocycles. The maximum atomic E-state index is 11.8. The summed E-state index contributed by atoms with van der Waals surface area (Å²) in [5, 5.41) is 38.6. The quantitative estimate of drug-likeness (QED) is 0.128. The normalized spacial score (nSPS) is 12.1. The first-order valence-corrected chi connectivity index (χ1v) is 16.6. The molecular formula is C40H40O12. The van der Waals surface area contributed by atoms with Crippen LogP contribution in [0.3, 0.4) is 0 Å². The van der Waals surface area contributed by atoms with Crippen LogP contribution in [0, 0.1) is 27.7 Å². The predicted molar refractivity (Wildman–Crippen MR) is 188 cm³/mol. The molecule has 0 saturated heterocycles. The zero-order chi connectivity index (χ0) is 37.7. The molecule has 4 N–H and O–H groups in total. The zero-order valence-electron chi connectivity index (χ0n) is 29.3. The van der Waals surface area contributed by atoms with E-state index >= 15 is 0 Å². The lowest BCUT2D eigenvalue weighted by Gasteiger charge is -2.24. The Balaban J connectivity index is 1.86. The minimum atomic E-state index is -1.18. The van der Waals surface area contributed by atoms with E-state index in [9.17, 15) is 39.6 Å². The van der Waals surface area contributed by atoms with Gasteiger partial charge in [0.2, 0.25) is 0 Å². The maximum Gasteiger partial charge on any atom is 0.341 e. The summed E-state index contributed by atoms with van der Waals surface area (Å²) in [6, 6.07) is 14.9. The number of hydrogen-bond donors (Lipinski definition) is 4. The van der Waals surface area contributed by atoms with Crippen LogP contribution in [-0.4, -0.2) is 70.7 Å². The van der Waals surface area contributed by atoms with Gasteiger partial charge in [0, 0.05) is 47.9 Å². The first-order chi connectivity index (χ1) is 24.7. The van der Waals surface area contributed by atoms with Crippen LogP contribution in [0.25, 0.3) is 0 Å². The minimum absolute atomic E-state index is 0.174. The fourth-order valence-electron chi connectivity index (χ4n) is 6.55. The Bertz CT molecular complexity index is 1770. The largest absolute Gasteiger partial charge is 0.481 e. The fourth-order valence-corrected chi connectivity index (χ4v) is 6.55. The number of carboxylic acids is 4. The van der Waals surface area contributed by atoms with Crippen LogP contribution in [-0.2, 0) is 44.9 Å². The summed E-state index contributed by atoms with van der Waals surface area (Å²) < 4.78 is 24.1. The van der Waals surface area contributed by atoms with E-state index in [1.54, 1.807) is 0 Å². The lowest BCUT2D eigenvalue weighted by atomic mass is 9.87. The number of hydrogen-bond acceptors (Lipinski definition) is 8. The summed E-state index contributed by atoms with van der Waals surface area (Å²) >= 11 is 0. The van der Waals surface area contributed by atoms with Crippen LogP contribution in [0.1, 0.15) is 66.8 Å². The van der Waals surface area contributed by atoms with E-state index in [2.05, 4.69) is 0 Å². The second-order valence-corrected chi connectivity index (χ2v) is 12.8. The first kappa shape index (κ1) is 37.2. The Kier molecular flexibility index (Phi) is 11.4. The molecule has 0 atom stereocenters. The molecule has 0 spiro atoms. The van der Waals surface area contributed by atoms with Crippen molar-refractivity contribution >= 4 is 23.9 Å². The van der Waals surface area contributed by atoms with Crippen molar-refractivity contribution in [3.05, 3.63) is 115 Å². The number of fused-ring (bicyclic) bond motifs is 8. The highest BCUT2D eigenvalue weighted by molar-refractivity contribution is 5.71. The van der Waals surface area contributed by atoms with Crippen LogP contribution in [0.5, 0.6) is 23.0 Å². The van der Waals surface area contributed by atoms with Crippen molar-refractivity contribution in [1.29, 1.82) is 0 Å². The smallest absolute Gasteiger partial charge is 0.341 e. The summed E-state index contributed by atoms with van der Waals surface area (Å²) in [7, 11) is 0. The van der Waals surface area contributed by atoms with E-state index < -0.39 is 50.3 Å². The molecule has 0 fully saturated rings. The molecule has 52 heavy (non-hydrogen) atoms. The topological polar surface area (TPSA) is 186 Å². The van der Waals surface area contributed by atoms with E-state index in [1.165, 1.54) is 0 Å². The first-order valence-electron chi connectivity index (χ1n) is 16.6. The number of ether oxygens (including phenoxy) is 4. The third-order valence-electron chi connectivity index (χ3n) is 9.13. The molecule has 5 rings (SSSR count). The summed E-state index contributed by atoms with van der Waals surface area (Å²) in [5.41, 5.74) is 8.29. The van der Waals surface area contributed by atoms with Gasteiger partial charge in [-0.15, -0.1) is 0 Å². The third-order valence-corrected chi connectivity index (χ3v) is 9.13. The number of aliphatic carboxylic acids is 4. The number of carbonyl (C=O) groups is 4. The molecule has 1 aliphatic rings. The van der Waals surface area contributed by atoms with Crippen molar-refractivity contribution in [1.82, 2.24) is 0 Å². The van der Waals surface area contributed by atoms with Gasteiger partial charge in [0.25, 0.3) is 0 Å². The molecule has 0 aliphatic heterocycles. The second kappa shape index (κ2) is 15.9. The van der Waals surface area contributed by atoms with Gasteiger partial charge < -0.3 is 39.4 Å². The van der Waals surface area contributed by atoms with E-state index in [4.69, 9.17) is 18.9 Å². The van der Waals surface area contributed by atoms with E-state index in [0.717, 1.165) is 22.3 Å². The van der Waals surface area contributed by atoms with E-state index in [1.807, 2.05) is 76.2 Å². The van der Waals surface area contributed by atoms with Crippen molar-refractivity contribution in [3.63, 3.8) is 0 Å². The van der Waals surface area contributed by atoms with Crippen LogP contribution in [0.15, 0.2) is 48.5 Å². The number of benzene rings is 4. The van der Waals surface area contributed by atoms with Crippen LogP contribution in [0.4, 0.5) is 0 Å². The summed E-state index contributed by atoms with van der Waals surface area (Å²) in [6.07, 6.45) is 0.721. The van der Waals surface area contributed by atoms with Crippen molar-refractivity contribution in [3.8, 4) is 23.0 Å². The average molecular weight is 713 g/mol. The molecule has 4 aromatic carbocycles. The van der Waals surface area contributed by atoms with Crippen LogP contribution in [0.2, 0.25) is 0 Å². The molecule has 8 bridgehead atoms. The van der Waals surface area contributed by atoms with Crippen LogP contribution < -0.4 is 18.9 Å². The highest BCUT2D eigenvalue weighted by atomic mass is 16.5. The van der Waals surface area contributed by atoms with Crippen molar-refractivity contribution in [2.24, 2.45) is 0 Å². The van der Waals surface area contributed by atoms with Gasteiger partial charge in [0.05, 0.1) is 0 Å². The average Bonchev–Trinajstić information content (AvgIpc) is 3.07. The highest BCUT2D eigenvalue weighted by Crippen LogP contribution is 2.41. The molecule has 0 radical (unpaired) electrons. The van der Waals surface area contributed by atoms with Gasteiger partial charge in [0.1, 0.15) is 23.0 Å². The second-order valence-electron chi connectivity index (χ2n) is 12.8. The minimum Gasteiger partial charge on any atom is -0.481 e. The zero-order valence-corrected chi connectivity index (χ0v) is 29.3. The molecule has 0 saturated carbocycles. The molecule has 0 amide bonds. The van der Waals surface area contributed by atoms with Crippen LogP contribution >= 0.6 is 0 Å². The van der Waals surface area contributed by atoms with Gasteiger partial charge in [-0.25, -0.2) is 19.2 Å². The number of carboxylic acid groups (broad SMARTS) is 4. The fraction of sp³-hybridized carbons (Fsp3) is 0.300. The molecule has 272 valence electrons. The predicted octanol–water partition coefficient (Wildman–Crippen LogP) is 5.45. The molecule has 4 aromatic rings. The Labute approximate surface area is 300 Å². The summed E-state index contributed by atoms with van der Waals surface area (Å²) in [5.74, 6) is -3.37.